The number of amides is 1. The largest absolute Gasteiger partial charge is 0.352 e. The number of carbonyl (C=O) groups excluding carboxylic acids is 1. The van der Waals surface area contributed by atoms with Crippen LogP contribution in [0.15, 0.2) is 48.5 Å². The summed E-state index contributed by atoms with van der Waals surface area (Å²) >= 11 is 9.81. The number of carbonyl (C=O) groups is 1. The molecule has 23 heavy (non-hydrogen) atoms. The van der Waals surface area contributed by atoms with Gasteiger partial charge in [-0.2, -0.15) is 0 Å². The smallest absolute Gasteiger partial charge is 0.251 e. The number of halogens is 1. The highest BCUT2D eigenvalue weighted by Gasteiger charge is 2.18. The van der Waals surface area contributed by atoms with E-state index >= 15 is 0 Å². The molecule has 2 nitrogen and oxygen atoms in total. The van der Waals surface area contributed by atoms with Crippen LogP contribution in [-0.2, 0) is 6.42 Å². The van der Waals surface area contributed by atoms with E-state index in [1.807, 2.05) is 59.9 Å². The maximum atomic E-state index is 12.2. The Labute approximate surface area is 150 Å². The van der Waals surface area contributed by atoms with Gasteiger partial charge in [-0.25, -0.2) is 0 Å². The summed E-state index contributed by atoms with van der Waals surface area (Å²) in [5.41, 5.74) is 3.19. The first kappa shape index (κ1) is 16.7. The van der Waals surface area contributed by atoms with Gasteiger partial charge in [-0.3, -0.25) is 4.79 Å². The van der Waals surface area contributed by atoms with E-state index in [0.717, 1.165) is 17.0 Å². The molecule has 1 fully saturated rings. The van der Waals surface area contributed by atoms with Crippen LogP contribution in [-0.4, -0.2) is 24.0 Å². The third kappa shape index (κ3) is 4.69. The first-order valence-corrected chi connectivity index (χ1v) is 10.1. The van der Waals surface area contributed by atoms with Crippen LogP contribution < -0.4 is 5.32 Å². The minimum absolute atomic E-state index is 0.0164. The van der Waals surface area contributed by atoms with E-state index in [1.165, 1.54) is 22.6 Å². The van der Waals surface area contributed by atoms with Gasteiger partial charge in [-0.05, 0) is 41.8 Å². The molecule has 0 saturated carbocycles. The lowest BCUT2D eigenvalue weighted by atomic mass is 10.1. The number of hydrogen-bond donors (Lipinski definition) is 1. The summed E-state index contributed by atoms with van der Waals surface area (Å²) in [5, 5.41) is 3.70. The fraction of sp³-hybridized carbons (Fsp3) is 0.278. The van der Waals surface area contributed by atoms with Gasteiger partial charge in [0, 0.05) is 28.6 Å². The molecule has 0 unspecified atom stereocenters. The zero-order chi connectivity index (χ0) is 16.1. The van der Waals surface area contributed by atoms with E-state index in [-0.39, 0.29) is 5.91 Å². The Morgan fingerprint density at radius 3 is 2.35 bits per heavy atom. The zero-order valence-electron chi connectivity index (χ0n) is 12.6. The Kier molecular flexibility index (Phi) is 5.92. The molecule has 5 heteroatoms. The number of hydrogen-bond acceptors (Lipinski definition) is 3. The molecule has 0 aromatic heterocycles. The van der Waals surface area contributed by atoms with Gasteiger partial charge in [-0.1, -0.05) is 35.9 Å². The van der Waals surface area contributed by atoms with Crippen molar-refractivity contribution in [3.8, 4) is 0 Å². The molecule has 2 aromatic carbocycles. The predicted molar refractivity (Wildman–Crippen MR) is 102 cm³/mol. The molecular formula is C18H18ClNOS2. The van der Waals surface area contributed by atoms with Crippen molar-refractivity contribution in [3.05, 3.63) is 70.2 Å². The molecular weight excluding hydrogens is 346 g/mol. The Morgan fingerprint density at radius 2 is 1.70 bits per heavy atom. The number of thioether (sulfide) groups is 2. The molecule has 0 aliphatic carbocycles. The molecule has 1 heterocycles. The maximum Gasteiger partial charge on any atom is 0.251 e. The SMILES string of the molecule is O=C(NCCc1ccc(Cl)cc1)c1ccc(C2SCCS2)cc1. The average Bonchev–Trinajstić information content (AvgIpc) is 3.11. The van der Waals surface area contributed by atoms with Crippen LogP contribution in [0.2, 0.25) is 5.02 Å². The molecule has 120 valence electrons. The lowest BCUT2D eigenvalue weighted by Crippen LogP contribution is -2.25. The fourth-order valence-electron chi connectivity index (χ4n) is 2.42. The summed E-state index contributed by atoms with van der Waals surface area (Å²) in [6, 6.07) is 15.7. The number of nitrogens with one attached hydrogen (secondary N) is 1. The Balaban J connectivity index is 1.50. The van der Waals surface area contributed by atoms with E-state index in [4.69, 9.17) is 11.6 Å². The average molecular weight is 364 g/mol. The van der Waals surface area contributed by atoms with Crippen LogP contribution in [0.25, 0.3) is 0 Å². The molecule has 1 saturated heterocycles. The molecule has 1 aliphatic rings. The Morgan fingerprint density at radius 1 is 1.04 bits per heavy atom. The summed E-state index contributed by atoms with van der Waals surface area (Å²) in [7, 11) is 0. The highest BCUT2D eigenvalue weighted by molar-refractivity contribution is 8.19. The Bertz CT molecular complexity index is 652. The molecule has 1 amide bonds. The minimum atomic E-state index is -0.0164. The van der Waals surface area contributed by atoms with Gasteiger partial charge in [0.25, 0.3) is 5.91 Å². The second-order valence-corrected chi connectivity index (χ2v) is 8.49. The number of benzene rings is 2. The third-order valence-electron chi connectivity index (χ3n) is 3.68. The first-order valence-electron chi connectivity index (χ1n) is 7.58. The van der Waals surface area contributed by atoms with Crippen molar-refractivity contribution in [2.24, 2.45) is 0 Å². The molecule has 0 bridgehead atoms. The molecule has 0 radical (unpaired) electrons. The van der Waals surface area contributed by atoms with Crippen LogP contribution in [0.5, 0.6) is 0 Å². The molecule has 1 N–H and O–H groups in total. The summed E-state index contributed by atoms with van der Waals surface area (Å²) < 4.78 is 0.525. The first-order chi connectivity index (χ1) is 11.2. The minimum Gasteiger partial charge on any atom is -0.352 e. The monoisotopic (exact) mass is 363 g/mol. The van der Waals surface area contributed by atoms with E-state index < -0.39 is 0 Å². The van der Waals surface area contributed by atoms with Gasteiger partial charge in [0.15, 0.2) is 0 Å². The second-order valence-electron chi connectivity index (χ2n) is 5.33. The van der Waals surface area contributed by atoms with Crippen LogP contribution in [0.3, 0.4) is 0 Å². The fourth-order valence-corrected chi connectivity index (χ4v) is 5.40. The lowest BCUT2D eigenvalue weighted by molar-refractivity contribution is 0.0954. The van der Waals surface area contributed by atoms with E-state index in [9.17, 15) is 4.79 Å². The van der Waals surface area contributed by atoms with Crippen molar-refractivity contribution in [3.63, 3.8) is 0 Å². The van der Waals surface area contributed by atoms with E-state index in [2.05, 4.69) is 17.4 Å². The van der Waals surface area contributed by atoms with Crippen molar-refractivity contribution in [2.75, 3.05) is 18.1 Å². The van der Waals surface area contributed by atoms with Gasteiger partial charge in [0.2, 0.25) is 0 Å². The van der Waals surface area contributed by atoms with Crippen molar-refractivity contribution in [2.45, 2.75) is 11.0 Å². The quantitative estimate of drug-likeness (QED) is 0.827. The summed E-state index contributed by atoms with van der Waals surface area (Å²) in [5.74, 6) is 2.40. The predicted octanol–water partition coefficient (Wildman–Crippen LogP) is 4.79. The second kappa shape index (κ2) is 8.13. The topological polar surface area (TPSA) is 29.1 Å². The lowest BCUT2D eigenvalue weighted by Gasteiger charge is -2.10. The highest BCUT2D eigenvalue weighted by atomic mass is 35.5. The van der Waals surface area contributed by atoms with Gasteiger partial charge >= 0.3 is 0 Å². The Hall–Kier alpha value is -1.10. The zero-order valence-corrected chi connectivity index (χ0v) is 15.0. The number of rotatable bonds is 5. The van der Waals surface area contributed by atoms with Crippen LogP contribution >= 0.6 is 35.1 Å². The van der Waals surface area contributed by atoms with Gasteiger partial charge in [-0.15, -0.1) is 23.5 Å². The summed E-state index contributed by atoms with van der Waals surface area (Å²) in [4.78, 5) is 12.2. The van der Waals surface area contributed by atoms with Crippen molar-refractivity contribution in [1.82, 2.24) is 5.32 Å². The van der Waals surface area contributed by atoms with Gasteiger partial charge < -0.3 is 5.32 Å². The van der Waals surface area contributed by atoms with Crippen molar-refractivity contribution < 1.29 is 4.79 Å². The molecule has 1 aliphatic heterocycles. The van der Waals surface area contributed by atoms with E-state index in [1.54, 1.807) is 0 Å². The third-order valence-corrected chi connectivity index (χ3v) is 7.04. The van der Waals surface area contributed by atoms with Crippen LogP contribution in [0.1, 0.15) is 26.1 Å². The molecule has 0 spiro atoms. The van der Waals surface area contributed by atoms with Crippen LogP contribution in [0, 0.1) is 0 Å². The molecule has 0 atom stereocenters. The standard InChI is InChI=1S/C18H18ClNOS2/c19-16-7-1-13(2-8-16)9-10-20-17(21)14-3-5-15(6-4-14)18-22-11-12-23-18/h1-8,18H,9-12H2,(H,20,21). The normalized spacial score (nSPS) is 14.8. The molecule has 3 rings (SSSR count). The summed E-state index contributed by atoms with van der Waals surface area (Å²) in [6.07, 6.45) is 0.802. The highest BCUT2D eigenvalue weighted by Crippen LogP contribution is 2.45. The molecule has 2 aromatic rings. The maximum absolute atomic E-state index is 12.2. The van der Waals surface area contributed by atoms with Crippen molar-refractivity contribution >= 4 is 41.0 Å². The van der Waals surface area contributed by atoms with Gasteiger partial charge in [0.1, 0.15) is 0 Å². The summed E-state index contributed by atoms with van der Waals surface area (Å²) in [6.45, 7) is 0.622. The van der Waals surface area contributed by atoms with Crippen LogP contribution in [0.4, 0.5) is 0 Å². The van der Waals surface area contributed by atoms with Crippen molar-refractivity contribution in [1.29, 1.82) is 0 Å². The van der Waals surface area contributed by atoms with Gasteiger partial charge in [0.05, 0.1) is 4.58 Å². The van der Waals surface area contributed by atoms with E-state index in [0.29, 0.717) is 11.1 Å².